The first-order valence-corrected chi connectivity index (χ1v) is 20.2. The topological polar surface area (TPSA) is 32.0 Å². The maximum absolute atomic E-state index is 9.29. The van der Waals surface area contributed by atoms with E-state index in [2.05, 4.69) is 222 Å². The van der Waals surface area contributed by atoms with Crippen LogP contribution in [0.5, 0.6) is 0 Å². The first-order valence-electron chi connectivity index (χ1n) is 20.2. The molecule has 0 aliphatic carbocycles. The van der Waals surface area contributed by atoms with Crippen LogP contribution in [0.3, 0.4) is 0 Å². The average molecular weight is 766 g/mol. The van der Waals surface area contributed by atoms with Gasteiger partial charge in [-0.1, -0.05) is 170 Å². The number of rotatable bonds is 9. The van der Waals surface area contributed by atoms with Crippen molar-refractivity contribution >= 4 is 28.0 Å². The number of nitrogens with zero attached hydrogens (tertiary/aromatic N) is 3. The van der Waals surface area contributed by atoms with E-state index in [1.807, 2.05) is 30.3 Å². The van der Waals surface area contributed by atoms with Gasteiger partial charge in [0.1, 0.15) is 0 Å². The number of para-hydroxylation sites is 1. The minimum Gasteiger partial charge on any atom is -0.311 e. The first kappa shape index (κ1) is 36.2. The van der Waals surface area contributed by atoms with Gasteiger partial charge in [-0.3, -0.25) is 0 Å². The molecule has 282 valence electrons. The molecular weight excluding hydrogens is 727 g/mol. The molecule has 10 rings (SSSR count). The fraction of sp³-hybridized carbons (Fsp3) is 0. The standard InChI is InChI=1S/C57H39N3/c58-40-41-20-22-43(23-21-41)45-26-34-51(35-27-45)59(50-32-24-44(25-33-50)42-12-4-1-5-13-42)52-36-28-46(29-37-52)47-30-38-53(39-31-47)60-55-19-11-10-18-54(55)56(48-14-6-2-7-15-48)57(60)49-16-8-3-9-17-49/h1-39H. The second kappa shape index (κ2) is 16.0. The summed E-state index contributed by atoms with van der Waals surface area (Å²) >= 11 is 0. The highest BCUT2D eigenvalue weighted by Gasteiger charge is 2.21. The largest absolute Gasteiger partial charge is 0.311 e. The quantitative estimate of drug-likeness (QED) is 0.147. The second-order valence-corrected chi connectivity index (χ2v) is 14.9. The van der Waals surface area contributed by atoms with Gasteiger partial charge in [-0.15, -0.1) is 0 Å². The van der Waals surface area contributed by atoms with Crippen molar-refractivity contribution in [3.05, 3.63) is 242 Å². The fourth-order valence-corrected chi connectivity index (χ4v) is 8.30. The number of fused-ring (bicyclic) bond motifs is 1. The highest BCUT2D eigenvalue weighted by atomic mass is 15.1. The summed E-state index contributed by atoms with van der Waals surface area (Å²) in [6, 6.07) is 85.8. The molecule has 0 unspecified atom stereocenters. The Bertz CT molecular complexity index is 3070. The highest BCUT2D eigenvalue weighted by Crippen LogP contribution is 2.43. The molecule has 1 heterocycles. The number of nitriles is 1. The van der Waals surface area contributed by atoms with E-state index in [-0.39, 0.29) is 0 Å². The Morgan fingerprint density at radius 3 is 1.17 bits per heavy atom. The molecule has 0 saturated heterocycles. The van der Waals surface area contributed by atoms with E-state index in [4.69, 9.17) is 0 Å². The third-order valence-corrected chi connectivity index (χ3v) is 11.3. The molecule has 0 radical (unpaired) electrons. The molecule has 0 spiro atoms. The van der Waals surface area contributed by atoms with Crippen LogP contribution in [0, 0.1) is 11.3 Å². The third-order valence-electron chi connectivity index (χ3n) is 11.3. The summed E-state index contributed by atoms with van der Waals surface area (Å²) in [5.74, 6) is 0. The lowest BCUT2D eigenvalue weighted by atomic mass is 9.98. The minimum absolute atomic E-state index is 0.657. The number of benzene rings is 9. The van der Waals surface area contributed by atoms with E-state index in [9.17, 15) is 5.26 Å². The number of hydrogen-bond acceptors (Lipinski definition) is 2. The van der Waals surface area contributed by atoms with Crippen LogP contribution in [0.25, 0.3) is 72.4 Å². The highest BCUT2D eigenvalue weighted by molar-refractivity contribution is 6.05. The predicted octanol–water partition coefficient (Wildman–Crippen LogP) is 15.3. The van der Waals surface area contributed by atoms with Crippen molar-refractivity contribution in [3.8, 4) is 67.5 Å². The number of anilines is 3. The zero-order valence-electron chi connectivity index (χ0n) is 32.9. The van der Waals surface area contributed by atoms with E-state index in [0.29, 0.717) is 5.56 Å². The van der Waals surface area contributed by atoms with Gasteiger partial charge in [0.15, 0.2) is 0 Å². The number of hydrogen-bond donors (Lipinski definition) is 0. The van der Waals surface area contributed by atoms with Gasteiger partial charge < -0.3 is 9.47 Å². The molecule has 0 amide bonds. The molecule has 0 atom stereocenters. The monoisotopic (exact) mass is 765 g/mol. The van der Waals surface area contributed by atoms with Crippen molar-refractivity contribution in [1.82, 2.24) is 4.57 Å². The summed E-state index contributed by atoms with van der Waals surface area (Å²) in [7, 11) is 0. The molecular formula is C57H39N3. The molecule has 0 bridgehead atoms. The van der Waals surface area contributed by atoms with Gasteiger partial charge in [0.25, 0.3) is 0 Å². The lowest BCUT2D eigenvalue weighted by Crippen LogP contribution is -2.09. The first-order chi connectivity index (χ1) is 29.7. The van der Waals surface area contributed by atoms with E-state index < -0.39 is 0 Å². The number of aromatic nitrogens is 1. The molecule has 1 aromatic heterocycles. The summed E-state index contributed by atoms with van der Waals surface area (Å²) in [5.41, 5.74) is 17.8. The molecule has 0 saturated carbocycles. The van der Waals surface area contributed by atoms with Gasteiger partial charge in [-0.25, -0.2) is 0 Å². The Kier molecular flexibility index (Phi) is 9.64. The molecule has 9 aromatic carbocycles. The summed E-state index contributed by atoms with van der Waals surface area (Å²) in [6.45, 7) is 0. The summed E-state index contributed by atoms with van der Waals surface area (Å²) in [6.07, 6.45) is 0. The van der Waals surface area contributed by atoms with Crippen molar-refractivity contribution in [3.63, 3.8) is 0 Å². The summed E-state index contributed by atoms with van der Waals surface area (Å²) in [4.78, 5) is 2.30. The van der Waals surface area contributed by atoms with Gasteiger partial charge in [0, 0.05) is 33.7 Å². The van der Waals surface area contributed by atoms with Crippen molar-refractivity contribution in [2.75, 3.05) is 4.90 Å². The Hall–Kier alpha value is -8.19. The van der Waals surface area contributed by atoms with Crippen molar-refractivity contribution in [1.29, 1.82) is 5.26 Å². The van der Waals surface area contributed by atoms with E-state index in [1.54, 1.807) is 0 Å². The van der Waals surface area contributed by atoms with E-state index >= 15 is 0 Å². The summed E-state index contributed by atoms with van der Waals surface area (Å²) in [5, 5.41) is 10.5. The van der Waals surface area contributed by atoms with Gasteiger partial charge in [-0.2, -0.15) is 5.26 Å². The lowest BCUT2D eigenvalue weighted by Gasteiger charge is -2.26. The zero-order valence-corrected chi connectivity index (χ0v) is 32.9. The van der Waals surface area contributed by atoms with Crippen LogP contribution >= 0.6 is 0 Å². The smallest absolute Gasteiger partial charge is 0.0991 e. The van der Waals surface area contributed by atoms with Gasteiger partial charge in [0.05, 0.1) is 22.8 Å². The van der Waals surface area contributed by atoms with Crippen LogP contribution in [0.4, 0.5) is 17.1 Å². The molecule has 0 aliphatic rings. The average Bonchev–Trinajstić information content (AvgIpc) is 3.69. The van der Waals surface area contributed by atoms with Crippen molar-refractivity contribution in [2.45, 2.75) is 0 Å². The van der Waals surface area contributed by atoms with Crippen LogP contribution in [0.15, 0.2) is 237 Å². The van der Waals surface area contributed by atoms with Crippen LogP contribution in [-0.2, 0) is 0 Å². The molecule has 3 nitrogen and oxygen atoms in total. The zero-order chi connectivity index (χ0) is 40.3. The van der Waals surface area contributed by atoms with Crippen LogP contribution in [0.2, 0.25) is 0 Å². The van der Waals surface area contributed by atoms with Crippen LogP contribution in [-0.4, -0.2) is 4.57 Å². The molecule has 60 heavy (non-hydrogen) atoms. The maximum atomic E-state index is 9.29. The molecule has 0 N–H and O–H groups in total. The van der Waals surface area contributed by atoms with E-state index in [1.165, 1.54) is 44.4 Å². The Balaban J connectivity index is 1.01. The Morgan fingerprint density at radius 2 is 0.700 bits per heavy atom. The predicted molar refractivity (Wildman–Crippen MR) is 250 cm³/mol. The third kappa shape index (κ3) is 6.94. The van der Waals surface area contributed by atoms with Crippen LogP contribution < -0.4 is 4.90 Å². The molecule has 0 fully saturated rings. The normalized spacial score (nSPS) is 11.0. The molecule has 0 aliphatic heterocycles. The minimum atomic E-state index is 0.657. The lowest BCUT2D eigenvalue weighted by molar-refractivity contribution is 1.14. The van der Waals surface area contributed by atoms with Crippen LogP contribution in [0.1, 0.15) is 5.56 Å². The maximum Gasteiger partial charge on any atom is 0.0991 e. The van der Waals surface area contributed by atoms with E-state index in [0.717, 1.165) is 45.0 Å². The SMILES string of the molecule is N#Cc1ccc(-c2ccc(N(c3ccc(-c4ccccc4)cc3)c3ccc(-c4ccc(-n5c(-c6ccccc6)c(-c6ccccc6)c6ccccc65)cc4)cc3)cc2)cc1. The van der Waals surface area contributed by atoms with Gasteiger partial charge in [-0.05, 0) is 111 Å². The van der Waals surface area contributed by atoms with Gasteiger partial charge >= 0.3 is 0 Å². The van der Waals surface area contributed by atoms with Gasteiger partial charge in [0.2, 0.25) is 0 Å². The van der Waals surface area contributed by atoms with Crippen molar-refractivity contribution < 1.29 is 0 Å². The Labute approximate surface area is 351 Å². The fourth-order valence-electron chi connectivity index (χ4n) is 8.30. The Morgan fingerprint density at radius 1 is 0.333 bits per heavy atom. The molecule has 10 aromatic rings. The molecule has 3 heteroatoms. The second-order valence-electron chi connectivity index (χ2n) is 14.9. The summed E-state index contributed by atoms with van der Waals surface area (Å²) < 4.78 is 2.41. The van der Waals surface area contributed by atoms with Crippen molar-refractivity contribution in [2.24, 2.45) is 0 Å².